The molecule has 1 heterocycles. The van der Waals surface area contributed by atoms with Crippen molar-refractivity contribution in [2.75, 3.05) is 0 Å². The Morgan fingerprint density at radius 2 is 1.21 bits per heavy atom. The van der Waals surface area contributed by atoms with E-state index in [0.29, 0.717) is 0 Å². The maximum atomic E-state index is 10.2. The summed E-state index contributed by atoms with van der Waals surface area (Å²) in [6.07, 6.45) is 0. The zero-order valence-electron chi connectivity index (χ0n) is 15.3. The van der Waals surface area contributed by atoms with Crippen molar-refractivity contribution in [3.63, 3.8) is 0 Å². The number of hydrogen-bond acceptors (Lipinski definition) is 5. The number of rotatable bonds is 4. The van der Waals surface area contributed by atoms with Gasteiger partial charge in [-0.1, -0.05) is 10.2 Å². The molecule has 0 aliphatic carbocycles. The van der Waals surface area contributed by atoms with Crippen molar-refractivity contribution in [3.05, 3.63) is 91.0 Å². The van der Waals surface area contributed by atoms with Crippen LogP contribution in [0.4, 0.5) is 0 Å². The molecule has 3 aromatic carbocycles. The van der Waals surface area contributed by atoms with E-state index in [4.69, 9.17) is 0 Å². The van der Waals surface area contributed by atoms with Gasteiger partial charge >= 0.3 is 133 Å². The van der Waals surface area contributed by atoms with Crippen LogP contribution < -0.4 is 15.5 Å². The van der Waals surface area contributed by atoms with Gasteiger partial charge in [-0.15, -0.1) is 0 Å². The van der Waals surface area contributed by atoms with Crippen LogP contribution >= 0.6 is 0 Å². The number of aromatic nitrogens is 4. The first kappa shape index (κ1) is 19.8. The van der Waals surface area contributed by atoms with Crippen molar-refractivity contribution in [1.82, 2.24) is 20.6 Å². The van der Waals surface area contributed by atoms with E-state index in [1.54, 1.807) is 0 Å². The maximum absolute atomic E-state index is 10.2. The summed E-state index contributed by atoms with van der Waals surface area (Å²) in [5.41, 5.74) is 0. The molecule has 6 nitrogen and oxygen atoms in total. The Balaban J connectivity index is 0.000000211. The van der Waals surface area contributed by atoms with Crippen molar-refractivity contribution in [2.24, 2.45) is 0 Å². The van der Waals surface area contributed by atoms with Gasteiger partial charge in [-0.2, -0.15) is 5.21 Å². The first-order valence-electron chi connectivity index (χ1n) is 8.69. The number of tetrazole rings is 1. The molecule has 0 unspecified atom stereocenters. The summed E-state index contributed by atoms with van der Waals surface area (Å²) in [5.74, 6) is -0.462. The number of H-pyrrole nitrogens is 1. The first-order valence-corrected chi connectivity index (χ1v) is 13.0. The summed E-state index contributed by atoms with van der Waals surface area (Å²) in [4.78, 5) is 10.2. The van der Waals surface area contributed by atoms with Gasteiger partial charge in [0, 0.05) is 6.92 Å². The molecule has 4 rings (SSSR count). The van der Waals surface area contributed by atoms with Crippen molar-refractivity contribution in [2.45, 2.75) is 6.92 Å². The molecule has 28 heavy (non-hydrogen) atoms. The van der Waals surface area contributed by atoms with Crippen LogP contribution in [0.2, 0.25) is 0 Å². The summed E-state index contributed by atoms with van der Waals surface area (Å²) in [6, 6.07) is 32.9. The third kappa shape index (κ3) is 5.75. The number of hydrogen-bond donors (Lipinski definition) is 1. The van der Waals surface area contributed by atoms with E-state index in [1.807, 2.05) is 0 Å². The predicted octanol–water partition coefficient (Wildman–Crippen LogP) is 1.33. The Labute approximate surface area is 170 Å². The summed E-state index contributed by atoms with van der Waals surface area (Å²) in [6.45, 7) is 1.26. The molecule has 0 spiro atoms. The molecule has 139 valence electrons. The van der Waals surface area contributed by atoms with Crippen molar-refractivity contribution in [1.29, 1.82) is 0 Å². The van der Waals surface area contributed by atoms with Gasteiger partial charge in [0.15, 0.2) is 0 Å². The first-order chi connectivity index (χ1) is 13.7. The summed E-state index contributed by atoms with van der Waals surface area (Å²) in [5, 5.41) is 12.0. The number of nitrogens with zero attached hydrogens (tertiary/aromatic N) is 3. The number of esters is 1. The second kappa shape index (κ2) is 10.4. The van der Waals surface area contributed by atoms with E-state index in [-0.39, 0.29) is 6.01 Å². The SMILES string of the molecule is CC(=O)Oc1nn[nH]n1.c1cc[c]([Sn]([c]2ccccc2)[c]2ccccc2)cc1. The molecule has 1 radical (unpaired) electrons. The number of carbonyl (C=O) groups is 1. The number of carbonyl (C=O) groups excluding carboxylic acids is 1. The molecule has 0 atom stereocenters. The van der Waals surface area contributed by atoms with E-state index in [2.05, 4.69) is 116 Å². The predicted molar refractivity (Wildman–Crippen MR) is 109 cm³/mol. The monoisotopic (exact) mass is 479 g/mol. The van der Waals surface area contributed by atoms with E-state index >= 15 is 0 Å². The zero-order valence-corrected chi connectivity index (χ0v) is 18.2. The fourth-order valence-electron chi connectivity index (χ4n) is 2.64. The molecular weight excluding hydrogens is 459 g/mol. The second-order valence-corrected chi connectivity index (χ2v) is 12.8. The minimum atomic E-state index is -1.98. The molecule has 0 aliphatic heterocycles. The van der Waals surface area contributed by atoms with E-state index < -0.39 is 25.7 Å². The van der Waals surface area contributed by atoms with Crippen LogP contribution in [0.15, 0.2) is 91.0 Å². The Bertz CT molecular complexity index is 871. The zero-order chi connectivity index (χ0) is 19.6. The van der Waals surface area contributed by atoms with Crippen molar-refractivity contribution < 1.29 is 9.53 Å². The average molecular weight is 478 g/mol. The van der Waals surface area contributed by atoms with Crippen molar-refractivity contribution >= 4 is 36.5 Å². The topological polar surface area (TPSA) is 80.8 Å². The number of aromatic amines is 1. The quantitative estimate of drug-likeness (QED) is 0.354. The summed E-state index contributed by atoms with van der Waals surface area (Å²) < 4.78 is 8.99. The molecule has 1 N–H and O–H groups in total. The van der Waals surface area contributed by atoms with Gasteiger partial charge in [0.1, 0.15) is 0 Å². The number of nitrogens with one attached hydrogen (secondary N) is 1. The fourth-order valence-corrected chi connectivity index (χ4v) is 9.99. The normalized spacial score (nSPS) is 10.1. The molecule has 0 fully saturated rings. The Morgan fingerprint density at radius 3 is 1.54 bits per heavy atom. The van der Waals surface area contributed by atoms with Crippen LogP contribution in [0.25, 0.3) is 0 Å². The van der Waals surface area contributed by atoms with Gasteiger partial charge in [-0.25, -0.2) is 0 Å². The molecule has 0 amide bonds. The standard InChI is InChI=1S/3C6H5.C3H4N4O2.Sn/c3*1-2-4-6-5-3-1;1-2(8)9-3-4-6-7-5-3;/h3*1-5H;1H3,(H,4,5,6,7);. The molecule has 0 saturated heterocycles. The third-order valence-electron chi connectivity index (χ3n) is 3.75. The molecule has 1 aromatic heterocycles. The van der Waals surface area contributed by atoms with Crippen LogP contribution in [0.1, 0.15) is 6.92 Å². The summed E-state index contributed by atoms with van der Waals surface area (Å²) >= 11 is -1.98. The van der Waals surface area contributed by atoms with E-state index in [1.165, 1.54) is 17.7 Å². The fraction of sp³-hybridized carbons (Fsp3) is 0.0476. The summed E-state index contributed by atoms with van der Waals surface area (Å²) in [7, 11) is 0. The molecule has 0 saturated carbocycles. The van der Waals surface area contributed by atoms with Gasteiger partial charge in [-0.3, -0.25) is 4.79 Å². The number of ether oxygens (including phenoxy) is 1. The molecule has 0 bridgehead atoms. The Kier molecular flexibility index (Phi) is 7.31. The van der Waals surface area contributed by atoms with Crippen LogP contribution in [-0.4, -0.2) is 46.4 Å². The van der Waals surface area contributed by atoms with Gasteiger partial charge < -0.3 is 4.74 Å². The second-order valence-electron chi connectivity index (χ2n) is 5.76. The molecule has 4 aromatic rings. The van der Waals surface area contributed by atoms with Gasteiger partial charge in [-0.05, 0) is 5.21 Å². The van der Waals surface area contributed by atoms with E-state index in [0.717, 1.165) is 0 Å². The van der Waals surface area contributed by atoms with Gasteiger partial charge in [0.25, 0.3) is 0 Å². The van der Waals surface area contributed by atoms with Crippen LogP contribution in [-0.2, 0) is 4.79 Å². The molecular formula is C21H19N4O2Sn. The van der Waals surface area contributed by atoms with Gasteiger partial charge in [0.2, 0.25) is 0 Å². The minimum absolute atomic E-state index is 0.0532. The average Bonchev–Trinajstić information content (AvgIpc) is 3.24. The third-order valence-corrected chi connectivity index (χ3v) is 11.5. The number of benzene rings is 3. The molecule has 0 aliphatic rings. The molecule has 7 heteroatoms. The van der Waals surface area contributed by atoms with Crippen molar-refractivity contribution in [3.8, 4) is 6.01 Å². The Hall–Kier alpha value is -3.00. The van der Waals surface area contributed by atoms with Gasteiger partial charge in [0.05, 0.1) is 0 Å². The van der Waals surface area contributed by atoms with E-state index in [9.17, 15) is 4.79 Å². The Morgan fingerprint density at radius 1 is 0.786 bits per heavy atom. The van der Waals surface area contributed by atoms with Crippen LogP contribution in [0.3, 0.4) is 0 Å². The van der Waals surface area contributed by atoms with Crippen LogP contribution in [0, 0.1) is 0 Å². The van der Waals surface area contributed by atoms with Crippen LogP contribution in [0.5, 0.6) is 6.01 Å².